The molecule has 1 aromatic carbocycles. The maximum atomic E-state index is 11.6. The minimum atomic E-state index is -0.814. The Morgan fingerprint density at radius 2 is 2.15 bits per heavy atom. The summed E-state index contributed by atoms with van der Waals surface area (Å²) in [5, 5.41) is 12.7. The number of carboxylic acid groups (broad SMARTS) is 1. The highest BCUT2D eigenvalue weighted by Gasteiger charge is 2.46. The lowest BCUT2D eigenvalue weighted by molar-refractivity contribution is -0.144. The van der Waals surface area contributed by atoms with Crippen molar-refractivity contribution < 1.29 is 14.6 Å². The Bertz CT molecular complexity index is 457. The highest BCUT2D eigenvalue weighted by molar-refractivity contribution is 5.79. The lowest BCUT2D eigenvalue weighted by Crippen LogP contribution is -2.50. The highest BCUT2D eigenvalue weighted by Crippen LogP contribution is 2.33. The Morgan fingerprint density at radius 3 is 2.75 bits per heavy atom. The molecule has 1 aliphatic carbocycles. The van der Waals surface area contributed by atoms with Crippen molar-refractivity contribution in [2.45, 2.75) is 51.2 Å². The van der Waals surface area contributed by atoms with E-state index in [1.165, 1.54) is 5.56 Å². The lowest BCUT2D eigenvalue weighted by atomic mass is 9.97. The van der Waals surface area contributed by atoms with Crippen molar-refractivity contribution in [1.82, 2.24) is 5.32 Å². The van der Waals surface area contributed by atoms with Gasteiger partial charge in [0.25, 0.3) is 0 Å². The van der Waals surface area contributed by atoms with Gasteiger partial charge in [-0.3, -0.25) is 4.79 Å². The third kappa shape index (κ3) is 3.31. The molecule has 110 valence electrons. The van der Waals surface area contributed by atoms with Crippen molar-refractivity contribution in [2.75, 3.05) is 6.54 Å². The zero-order chi connectivity index (χ0) is 14.6. The number of hydrogen-bond acceptors (Lipinski definition) is 3. The first kappa shape index (κ1) is 14.9. The van der Waals surface area contributed by atoms with Crippen molar-refractivity contribution >= 4 is 5.97 Å². The minimum Gasteiger partial charge on any atom is -0.490 e. The number of benzene rings is 1. The molecule has 2 N–H and O–H groups in total. The molecule has 1 aliphatic rings. The first-order chi connectivity index (χ1) is 9.55. The van der Waals surface area contributed by atoms with Crippen LogP contribution in [0.25, 0.3) is 0 Å². The lowest BCUT2D eigenvalue weighted by Gasteiger charge is -2.25. The predicted octanol–water partition coefficient (Wildman–Crippen LogP) is 2.75. The van der Waals surface area contributed by atoms with Gasteiger partial charge in [0, 0.05) is 6.42 Å². The summed E-state index contributed by atoms with van der Waals surface area (Å²) in [5.74, 6) is 0.0539. The third-order valence-corrected chi connectivity index (χ3v) is 3.92. The number of aliphatic carboxylic acids is 1. The first-order valence-electron chi connectivity index (χ1n) is 7.27. The summed E-state index contributed by atoms with van der Waals surface area (Å²) in [5.41, 5.74) is 0.374. The fourth-order valence-electron chi connectivity index (χ4n) is 2.70. The Labute approximate surface area is 120 Å². The van der Waals surface area contributed by atoms with Crippen molar-refractivity contribution in [2.24, 2.45) is 0 Å². The molecule has 0 bridgehead atoms. The second-order valence-electron chi connectivity index (χ2n) is 5.61. The molecule has 1 aromatic rings. The summed E-state index contributed by atoms with van der Waals surface area (Å²) in [6.45, 7) is 4.80. The molecule has 2 rings (SSSR count). The average molecular weight is 277 g/mol. The van der Waals surface area contributed by atoms with E-state index < -0.39 is 11.5 Å². The molecule has 4 nitrogen and oxygen atoms in total. The van der Waals surface area contributed by atoms with Crippen LogP contribution in [0.4, 0.5) is 0 Å². The highest BCUT2D eigenvalue weighted by atomic mass is 16.5. The molecule has 0 saturated heterocycles. The summed E-state index contributed by atoms with van der Waals surface area (Å²) in [4.78, 5) is 11.6. The van der Waals surface area contributed by atoms with Crippen LogP contribution < -0.4 is 10.1 Å². The van der Waals surface area contributed by atoms with Crippen molar-refractivity contribution in [3.8, 4) is 5.75 Å². The number of nitrogens with one attached hydrogen (secondary N) is 1. The summed E-state index contributed by atoms with van der Waals surface area (Å²) < 4.78 is 5.91. The zero-order valence-corrected chi connectivity index (χ0v) is 12.2. The van der Waals surface area contributed by atoms with E-state index in [2.05, 4.69) is 5.32 Å². The molecule has 0 radical (unpaired) electrons. The first-order valence-corrected chi connectivity index (χ1v) is 7.27. The number of rotatable bonds is 6. The standard InChI is InChI=1S/C16H23NO3/c1-3-10-17-16(15(18)19)9-8-14(11-16)20-13-6-4-12(2)5-7-13/h4-7,14,17H,3,8-11H2,1-2H3,(H,18,19). The van der Waals surface area contributed by atoms with Gasteiger partial charge >= 0.3 is 5.97 Å². The molecule has 4 heteroatoms. The Balaban J connectivity index is 1.99. The van der Waals surface area contributed by atoms with Crippen LogP contribution in [0.5, 0.6) is 5.75 Å². The van der Waals surface area contributed by atoms with Gasteiger partial charge in [0.15, 0.2) is 0 Å². The van der Waals surface area contributed by atoms with Crippen LogP contribution in [-0.4, -0.2) is 29.3 Å². The molecule has 1 fully saturated rings. The van der Waals surface area contributed by atoms with E-state index in [0.717, 1.165) is 25.1 Å². The van der Waals surface area contributed by atoms with Crippen molar-refractivity contribution in [1.29, 1.82) is 0 Å². The smallest absolute Gasteiger partial charge is 0.324 e. The summed E-state index contributed by atoms with van der Waals surface area (Å²) in [7, 11) is 0. The number of ether oxygens (including phenoxy) is 1. The molecule has 0 aliphatic heterocycles. The molecular weight excluding hydrogens is 254 g/mol. The van der Waals surface area contributed by atoms with Gasteiger partial charge in [0.2, 0.25) is 0 Å². The molecule has 20 heavy (non-hydrogen) atoms. The molecule has 2 unspecified atom stereocenters. The van der Waals surface area contributed by atoms with Gasteiger partial charge in [-0.1, -0.05) is 24.6 Å². The van der Waals surface area contributed by atoms with Crippen LogP contribution in [-0.2, 0) is 4.79 Å². The quantitative estimate of drug-likeness (QED) is 0.839. The minimum absolute atomic E-state index is 0.0295. The van der Waals surface area contributed by atoms with Crippen LogP contribution in [0.3, 0.4) is 0 Å². The van der Waals surface area contributed by atoms with Gasteiger partial charge in [-0.15, -0.1) is 0 Å². The molecule has 0 amide bonds. The summed E-state index contributed by atoms with van der Waals surface area (Å²) in [6.07, 6.45) is 2.82. The van der Waals surface area contributed by atoms with Gasteiger partial charge in [-0.2, -0.15) is 0 Å². The van der Waals surface area contributed by atoms with Crippen LogP contribution >= 0.6 is 0 Å². The molecular formula is C16H23NO3. The van der Waals surface area contributed by atoms with Gasteiger partial charge in [0.05, 0.1) is 0 Å². The van der Waals surface area contributed by atoms with E-state index >= 15 is 0 Å². The monoisotopic (exact) mass is 277 g/mol. The van der Waals surface area contributed by atoms with Crippen molar-refractivity contribution in [3.05, 3.63) is 29.8 Å². The maximum Gasteiger partial charge on any atom is 0.324 e. The van der Waals surface area contributed by atoms with Crippen molar-refractivity contribution in [3.63, 3.8) is 0 Å². The van der Waals surface area contributed by atoms with E-state index in [0.29, 0.717) is 12.8 Å². The maximum absolute atomic E-state index is 11.6. The SMILES string of the molecule is CCCNC1(C(=O)O)CCC(Oc2ccc(C)cc2)C1. The van der Waals surface area contributed by atoms with Gasteiger partial charge in [-0.25, -0.2) is 0 Å². The van der Waals surface area contributed by atoms with E-state index in [9.17, 15) is 9.90 Å². The van der Waals surface area contributed by atoms with Crippen LogP contribution in [0.2, 0.25) is 0 Å². The number of carbonyl (C=O) groups is 1. The molecule has 0 spiro atoms. The van der Waals surface area contributed by atoms with E-state index in [-0.39, 0.29) is 6.10 Å². The van der Waals surface area contributed by atoms with Gasteiger partial charge in [0.1, 0.15) is 17.4 Å². The third-order valence-electron chi connectivity index (χ3n) is 3.92. The summed E-state index contributed by atoms with van der Waals surface area (Å²) >= 11 is 0. The Kier molecular flexibility index (Phi) is 4.65. The number of hydrogen-bond donors (Lipinski definition) is 2. The second-order valence-corrected chi connectivity index (χ2v) is 5.61. The number of aryl methyl sites for hydroxylation is 1. The molecule has 2 atom stereocenters. The molecule has 0 aromatic heterocycles. The number of carboxylic acids is 1. The predicted molar refractivity (Wildman–Crippen MR) is 78.1 cm³/mol. The van der Waals surface area contributed by atoms with E-state index in [4.69, 9.17) is 4.74 Å². The second kappa shape index (κ2) is 6.27. The van der Waals surface area contributed by atoms with E-state index in [1.54, 1.807) is 0 Å². The summed E-state index contributed by atoms with van der Waals surface area (Å²) in [6, 6.07) is 7.89. The van der Waals surface area contributed by atoms with Crippen LogP contribution in [0.15, 0.2) is 24.3 Å². The van der Waals surface area contributed by atoms with E-state index in [1.807, 2.05) is 38.1 Å². The van der Waals surface area contributed by atoms with Gasteiger partial charge in [-0.05, 0) is 44.9 Å². The zero-order valence-electron chi connectivity index (χ0n) is 12.2. The fourth-order valence-corrected chi connectivity index (χ4v) is 2.70. The normalized spacial score (nSPS) is 25.6. The van der Waals surface area contributed by atoms with Gasteiger partial charge < -0.3 is 15.2 Å². The van der Waals surface area contributed by atoms with Crippen LogP contribution in [0.1, 0.15) is 38.2 Å². The van der Waals surface area contributed by atoms with Crippen LogP contribution in [0, 0.1) is 6.92 Å². The fraction of sp³-hybridized carbons (Fsp3) is 0.562. The molecule has 1 saturated carbocycles. The average Bonchev–Trinajstić information content (AvgIpc) is 2.84. The Hall–Kier alpha value is -1.55. The Morgan fingerprint density at radius 1 is 1.45 bits per heavy atom. The molecule has 0 heterocycles. The largest absolute Gasteiger partial charge is 0.490 e. The topological polar surface area (TPSA) is 58.6 Å².